The number of Topliss-reactive ketones (excluding diaryl/α,β-unsaturated/α-hetero) is 1. The molecule has 0 unspecified atom stereocenters. The Kier molecular flexibility index (Phi) is 3.61. The van der Waals surface area contributed by atoms with E-state index < -0.39 is 0 Å². The summed E-state index contributed by atoms with van der Waals surface area (Å²) in [6.07, 6.45) is 1.70. The highest BCUT2D eigenvalue weighted by atomic mass is 16.1. The number of carbonyl (C=O) groups excluding carboxylic acids is 1. The third-order valence-corrected chi connectivity index (χ3v) is 3.18. The lowest BCUT2D eigenvalue weighted by atomic mass is 9.76. The van der Waals surface area contributed by atoms with Crippen LogP contribution in [0.15, 0.2) is 6.07 Å². The first kappa shape index (κ1) is 13.0. The van der Waals surface area contributed by atoms with Crippen molar-refractivity contribution in [3.05, 3.63) is 23.0 Å². The van der Waals surface area contributed by atoms with Crippen LogP contribution >= 0.6 is 0 Å². The standard InChI is InChI=1S/C12H17NO.C2H6/c1-8-5-9-10(13(8)4)6-12(2,3)7-11(9)14;1-2/h5H,6-7H2,1-4H3;1-2H3. The fourth-order valence-corrected chi connectivity index (χ4v) is 2.28. The van der Waals surface area contributed by atoms with Crippen LogP contribution in [0.3, 0.4) is 0 Å². The Morgan fingerprint density at radius 1 is 1.25 bits per heavy atom. The Labute approximate surface area is 98.7 Å². The Morgan fingerprint density at radius 3 is 2.38 bits per heavy atom. The minimum atomic E-state index is 0.128. The van der Waals surface area contributed by atoms with Crippen LogP contribution in [-0.4, -0.2) is 10.4 Å². The van der Waals surface area contributed by atoms with E-state index in [-0.39, 0.29) is 5.41 Å². The van der Waals surface area contributed by atoms with Crippen LogP contribution in [0.4, 0.5) is 0 Å². The number of ketones is 1. The van der Waals surface area contributed by atoms with Crippen LogP contribution in [0.1, 0.15) is 55.9 Å². The van der Waals surface area contributed by atoms with Crippen LogP contribution in [0.25, 0.3) is 0 Å². The molecule has 0 saturated carbocycles. The molecule has 0 saturated heterocycles. The molecule has 2 rings (SSSR count). The number of aromatic nitrogens is 1. The topological polar surface area (TPSA) is 22.0 Å². The van der Waals surface area contributed by atoms with Gasteiger partial charge in [-0.3, -0.25) is 4.79 Å². The molecule has 2 nitrogen and oxygen atoms in total. The minimum absolute atomic E-state index is 0.128. The van der Waals surface area contributed by atoms with Gasteiger partial charge in [0.1, 0.15) is 0 Å². The molecular weight excluding hydrogens is 198 g/mol. The van der Waals surface area contributed by atoms with Crippen LogP contribution in [-0.2, 0) is 13.5 Å². The van der Waals surface area contributed by atoms with Crippen molar-refractivity contribution < 1.29 is 4.79 Å². The van der Waals surface area contributed by atoms with Gasteiger partial charge in [0.25, 0.3) is 0 Å². The van der Waals surface area contributed by atoms with Gasteiger partial charge >= 0.3 is 0 Å². The summed E-state index contributed by atoms with van der Waals surface area (Å²) in [6.45, 7) is 10.4. The van der Waals surface area contributed by atoms with Crippen molar-refractivity contribution in [3.63, 3.8) is 0 Å². The highest BCUT2D eigenvalue weighted by Crippen LogP contribution is 2.35. The van der Waals surface area contributed by atoms with Crippen molar-refractivity contribution in [1.82, 2.24) is 4.57 Å². The van der Waals surface area contributed by atoms with Gasteiger partial charge in [-0.2, -0.15) is 0 Å². The summed E-state index contributed by atoms with van der Waals surface area (Å²) in [6, 6.07) is 2.02. The summed E-state index contributed by atoms with van der Waals surface area (Å²) in [7, 11) is 2.04. The van der Waals surface area contributed by atoms with Crippen LogP contribution in [0.2, 0.25) is 0 Å². The predicted octanol–water partition coefficient (Wildman–Crippen LogP) is 3.51. The lowest BCUT2D eigenvalue weighted by Gasteiger charge is -2.29. The van der Waals surface area contributed by atoms with Crippen LogP contribution in [0, 0.1) is 12.3 Å². The summed E-state index contributed by atoms with van der Waals surface area (Å²) >= 11 is 0. The minimum Gasteiger partial charge on any atom is -0.351 e. The van der Waals surface area contributed by atoms with Gasteiger partial charge in [0.15, 0.2) is 5.78 Å². The SMILES string of the molecule is CC.Cc1cc2c(n1C)CC(C)(C)CC2=O. The molecule has 0 N–H and O–H groups in total. The summed E-state index contributed by atoms with van der Waals surface area (Å²) in [5.41, 5.74) is 3.47. The quantitative estimate of drug-likeness (QED) is 0.657. The first-order valence-electron chi connectivity index (χ1n) is 6.09. The van der Waals surface area contributed by atoms with E-state index >= 15 is 0 Å². The molecule has 1 aliphatic carbocycles. The monoisotopic (exact) mass is 221 g/mol. The fourth-order valence-electron chi connectivity index (χ4n) is 2.28. The van der Waals surface area contributed by atoms with Crippen LogP contribution < -0.4 is 0 Å². The average Bonchev–Trinajstić information content (AvgIpc) is 2.47. The molecule has 1 aromatic rings. The first-order chi connectivity index (χ1) is 7.41. The maximum absolute atomic E-state index is 11.9. The fraction of sp³-hybridized carbons (Fsp3) is 0.643. The number of aryl methyl sites for hydroxylation is 1. The summed E-state index contributed by atoms with van der Waals surface area (Å²) in [4.78, 5) is 11.9. The molecule has 0 aliphatic heterocycles. The summed E-state index contributed by atoms with van der Waals surface area (Å²) < 4.78 is 2.15. The normalized spacial score (nSPS) is 17.5. The zero-order valence-electron chi connectivity index (χ0n) is 11.3. The number of nitrogens with zero attached hydrogens (tertiary/aromatic N) is 1. The highest BCUT2D eigenvalue weighted by Gasteiger charge is 2.32. The zero-order valence-corrected chi connectivity index (χ0v) is 11.3. The van der Waals surface area contributed by atoms with Crippen molar-refractivity contribution >= 4 is 5.78 Å². The molecule has 2 heteroatoms. The molecule has 0 fully saturated rings. The zero-order chi connectivity index (χ0) is 12.5. The van der Waals surface area contributed by atoms with Gasteiger partial charge in [-0.25, -0.2) is 0 Å². The third kappa shape index (κ3) is 2.21. The molecule has 1 heterocycles. The van der Waals surface area contributed by atoms with E-state index in [2.05, 4.69) is 25.3 Å². The number of carbonyl (C=O) groups is 1. The van der Waals surface area contributed by atoms with E-state index in [0.29, 0.717) is 12.2 Å². The second-order valence-electron chi connectivity index (χ2n) is 5.15. The number of rotatable bonds is 0. The largest absolute Gasteiger partial charge is 0.351 e. The molecule has 1 aliphatic rings. The van der Waals surface area contributed by atoms with E-state index in [1.807, 2.05) is 27.0 Å². The molecule has 0 aromatic carbocycles. The van der Waals surface area contributed by atoms with Crippen molar-refractivity contribution in [2.24, 2.45) is 12.5 Å². The van der Waals surface area contributed by atoms with Gasteiger partial charge in [0.2, 0.25) is 0 Å². The Hall–Kier alpha value is -1.05. The molecule has 0 amide bonds. The molecule has 0 spiro atoms. The van der Waals surface area contributed by atoms with Crippen LogP contribution in [0.5, 0.6) is 0 Å². The van der Waals surface area contributed by atoms with Crippen molar-refractivity contribution in [2.45, 2.75) is 47.5 Å². The predicted molar refractivity (Wildman–Crippen MR) is 67.9 cm³/mol. The maximum atomic E-state index is 11.9. The summed E-state index contributed by atoms with van der Waals surface area (Å²) in [5, 5.41) is 0. The molecule has 16 heavy (non-hydrogen) atoms. The lowest BCUT2D eigenvalue weighted by Crippen LogP contribution is -2.27. The van der Waals surface area contributed by atoms with Gasteiger partial charge in [0, 0.05) is 30.4 Å². The third-order valence-electron chi connectivity index (χ3n) is 3.18. The second-order valence-corrected chi connectivity index (χ2v) is 5.15. The van der Waals surface area contributed by atoms with Gasteiger partial charge in [-0.05, 0) is 24.8 Å². The highest BCUT2D eigenvalue weighted by molar-refractivity contribution is 5.99. The molecule has 1 aromatic heterocycles. The van der Waals surface area contributed by atoms with E-state index in [1.54, 1.807) is 0 Å². The average molecular weight is 221 g/mol. The van der Waals surface area contributed by atoms with Crippen molar-refractivity contribution in [1.29, 1.82) is 0 Å². The van der Waals surface area contributed by atoms with Gasteiger partial charge in [-0.1, -0.05) is 27.7 Å². The van der Waals surface area contributed by atoms with Gasteiger partial charge in [0.05, 0.1) is 0 Å². The molecule has 0 bridgehead atoms. The van der Waals surface area contributed by atoms with E-state index in [0.717, 1.165) is 12.0 Å². The van der Waals surface area contributed by atoms with E-state index in [9.17, 15) is 4.79 Å². The van der Waals surface area contributed by atoms with Gasteiger partial charge in [-0.15, -0.1) is 0 Å². The number of hydrogen-bond donors (Lipinski definition) is 0. The Balaban J connectivity index is 0.000000606. The number of fused-ring (bicyclic) bond motifs is 1. The molecule has 0 radical (unpaired) electrons. The van der Waals surface area contributed by atoms with E-state index in [1.165, 1.54) is 11.4 Å². The smallest absolute Gasteiger partial charge is 0.165 e. The maximum Gasteiger partial charge on any atom is 0.165 e. The summed E-state index contributed by atoms with van der Waals surface area (Å²) in [5.74, 6) is 0.306. The van der Waals surface area contributed by atoms with E-state index in [4.69, 9.17) is 0 Å². The first-order valence-corrected chi connectivity index (χ1v) is 6.09. The van der Waals surface area contributed by atoms with Gasteiger partial charge < -0.3 is 4.57 Å². The molecule has 90 valence electrons. The Bertz CT molecular complexity index is 399. The lowest BCUT2D eigenvalue weighted by molar-refractivity contribution is 0.0910. The second kappa shape index (κ2) is 4.44. The van der Waals surface area contributed by atoms with Crippen molar-refractivity contribution in [3.8, 4) is 0 Å². The number of hydrogen-bond acceptors (Lipinski definition) is 1. The molecular formula is C14H23NO. The Morgan fingerprint density at radius 2 is 1.81 bits per heavy atom. The van der Waals surface area contributed by atoms with Crippen molar-refractivity contribution in [2.75, 3.05) is 0 Å². The molecule has 0 atom stereocenters.